The van der Waals surface area contributed by atoms with E-state index < -0.39 is 3.93 Å². The molecule has 0 nitrogen and oxygen atoms in total. The number of alkyl halides is 4. The van der Waals surface area contributed by atoms with Gasteiger partial charge in [0.25, 0.3) is 3.93 Å². The van der Waals surface area contributed by atoms with Crippen molar-refractivity contribution in [2.45, 2.75) is 21.2 Å². The van der Waals surface area contributed by atoms with Crippen LogP contribution in [0.1, 0.15) is 13.3 Å². The van der Waals surface area contributed by atoms with Crippen molar-refractivity contribution in [2.24, 2.45) is 0 Å². The molecule has 8 heavy (non-hydrogen) atoms. The highest BCUT2D eigenvalue weighted by Gasteiger charge is 2.25. The van der Waals surface area contributed by atoms with Crippen LogP contribution in [0, 0.1) is 0 Å². The Morgan fingerprint density at radius 1 is 1.62 bits per heavy atom. The fourth-order valence-corrected chi connectivity index (χ4v) is 2.38. The lowest BCUT2D eigenvalue weighted by Gasteiger charge is -2.08. The number of halogens is 4. The first-order valence-corrected chi connectivity index (χ1v) is 4.45. The van der Waals surface area contributed by atoms with Crippen molar-refractivity contribution in [3.05, 3.63) is 0 Å². The molecule has 0 bridgehead atoms. The zero-order chi connectivity index (χ0) is 6.78. The van der Waals surface area contributed by atoms with Crippen molar-refractivity contribution in [1.29, 1.82) is 0 Å². The SMILES string of the molecule is CC(I)CC(F)(F)I. The average Bonchev–Trinajstić information content (AvgIpc) is 1.21. The Balaban J connectivity index is 3.39. The smallest absolute Gasteiger partial charge is 0.195 e. The zero-order valence-corrected chi connectivity index (χ0v) is 8.61. The van der Waals surface area contributed by atoms with Crippen molar-refractivity contribution in [3.63, 3.8) is 0 Å². The van der Waals surface area contributed by atoms with Crippen LogP contribution in [0.5, 0.6) is 0 Å². The number of hydrogen-bond donors (Lipinski definition) is 0. The topological polar surface area (TPSA) is 0 Å². The van der Waals surface area contributed by atoms with E-state index in [0.717, 1.165) is 22.6 Å². The summed E-state index contributed by atoms with van der Waals surface area (Å²) in [6, 6.07) is 0. The molecule has 0 saturated carbocycles. The largest absolute Gasteiger partial charge is 0.297 e. The molecule has 1 atom stereocenters. The molecule has 1 unspecified atom stereocenters. The van der Waals surface area contributed by atoms with Crippen LogP contribution in [-0.2, 0) is 0 Å². The van der Waals surface area contributed by atoms with E-state index in [1.54, 1.807) is 6.92 Å². The van der Waals surface area contributed by atoms with Gasteiger partial charge >= 0.3 is 0 Å². The van der Waals surface area contributed by atoms with E-state index in [1.165, 1.54) is 0 Å². The lowest BCUT2D eigenvalue weighted by Crippen LogP contribution is -2.09. The molecule has 0 amide bonds. The minimum absolute atomic E-state index is 0.0336. The van der Waals surface area contributed by atoms with Crippen LogP contribution in [0.2, 0.25) is 0 Å². The fraction of sp³-hybridized carbons (Fsp3) is 1.00. The van der Waals surface area contributed by atoms with Crippen LogP contribution in [0.4, 0.5) is 8.78 Å². The molecular formula is C4H6F2I2. The molecule has 0 aromatic heterocycles. The van der Waals surface area contributed by atoms with Gasteiger partial charge in [-0.05, 0) is 22.6 Å². The molecule has 4 heteroatoms. The summed E-state index contributed by atoms with van der Waals surface area (Å²) in [7, 11) is 0. The summed E-state index contributed by atoms with van der Waals surface area (Å²) in [5, 5.41) is 0. The predicted octanol–water partition coefficient (Wildman–Crippen LogP) is 3.23. The Labute approximate surface area is 74.7 Å². The number of hydrogen-bond acceptors (Lipinski definition) is 0. The van der Waals surface area contributed by atoms with E-state index in [2.05, 4.69) is 0 Å². The second kappa shape index (κ2) is 3.48. The van der Waals surface area contributed by atoms with Gasteiger partial charge in [-0.2, -0.15) is 8.78 Å². The summed E-state index contributed by atoms with van der Waals surface area (Å²) in [6.45, 7) is 1.77. The first-order valence-electron chi connectivity index (χ1n) is 2.12. The van der Waals surface area contributed by atoms with Crippen molar-refractivity contribution >= 4 is 45.2 Å². The van der Waals surface area contributed by atoms with Gasteiger partial charge in [-0.3, -0.25) is 0 Å². The summed E-state index contributed by atoms with van der Waals surface area (Å²) < 4.78 is 21.4. The highest BCUT2D eigenvalue weighted by molar-refractivity contribution is 14.1. The van der Waals surface area contributed by atoms with Gasteiger partial charge in [-0.15, -0.1) is 0 Å². The van der Waals surface area contributed by atoms with Gasteiger partial charge in [-0.25, -0.2) is 0 Å². The minimum Gasteiger partial charge on any atom is -0.195 e. The summed E-state index contributed by atoms with van der Waals surface area (Å²) in [5.74, 6) is 0. The average molecular weight is 346 g/mol. The molecule has 0 radical (unpaired) electrons. The second-order valence-corrected chi connectivity index (χ2v) is 5.30. The van der Waals surface area contributed by atoms with Crippen LogP contribution in [0.25, 0.3) is 0 Å². The third kappa shape index (κ3) is 7.32. The van der Waals surface area contributed by atoms with Gasteiger partial charge < -0.3 is 0 Å². The van der Waals surface area contributed by atoms with Gasteiger partial charge in [0, 0.05) is 10.3 Å². The molecule has 0 rings (SSSR count). The minimum atomic E-state index is -2.52. The Bertz CT molecular complexity index is 66.9. The molecule has 0 heterocycles. The number of rotatable bonds is 2. The Kier molecular flexibility index (Phi) is 4.05. The third-order valence-electron chi connectivity index (χ3n) is 0.513. The molecule has 0 aliphatic carbocycles. The zero-order valence-electron chi connectivity index (χ0n) is 4.30. The maximum Gasteiger partial charge on any atom is 0.297 e. The molecule has 0 N–H and O–H groups in total. The maximum absolute atomic E-state index is 12.0. The molecule has 0 aliphatic rings. The van der Waals surface area contributed by atoms with E-state index in [4.69, 9.17) is 0 Å². The fourth-order valence-electron chi connectivity index (χ4n) is 0.319. The highest BCUT2D eigenvalue weighted by Crippen LogP contribution is 2.30. The summed E-state index contributed by atoms with van der Waals surface area (Å²) >= 11 is 3.14. The first-order chi connectivity index (χ1) is 3.42. The van der Waals surface area contributed by atoms with Gasteiger partial charge in [-0.1, -0.05) is 29.5 Å². The van der Waals surface area contributed by atoms with Crippen LogP contribution >= 0.6 is 45.2 Å². The first kappa shape index (κ1) is 9.32. The van der Waals surface area contributed by atoms with Crippen LogP contribution in [-0.4, -0.2) is 7.85 Å². The van der Waals surface area contributed by atoms with Crippen molar-refractivity contribution < 1.29 is 8.78 Å². The van der Waals surface area contributed by atoms with E-state index in [-0.39, 0.29) is 10.3 Å². The van der Waals surface area contributed by atoms with Crippen molar-refractivity contribution in [1.82, 2.24) is 0 Å². The molecule has 0 saturated heterocycles. The van der Waals surface area contributed by atoms with Crippen LogP contribution in [0.15, 0.2) is 0 Å². The quantitative estimate of drug-likeness (QED) is 0.532. The Morgan fingerprint density at radius 2 is 2.00 bits per heavy atom. The van der Waals surface area contributed by atoms with Crippen LogP contribution < -0.4 is 0 Å². The Hall–Kier alpha value is 1.32. The van der Waals surface area contributed by atoms with E-state index in [9.17, 15) is 8.78 Å². The summed E-state index contributed by atoms with van der Waals surface area (Å²) in [4.78, 5) is 0. The summed E-state index contributed by atoms with van der Waals surface area (Å²) in [5.41, 5.74) is 0. The van der Waals surface area contributed by atoms with Crippen LogP contribution in [0.3, 0.4) is 0 Å². The standard InChI is InChI=1S/C4H6F2I2/c1-3(7)2-4(5,6)8/h3H,2H2,1H3. The van der Waals surface area contributed by atoms with Gasteiger partial charge in [0.05, 0.1) is 0 Å². The Morgan fingerprint density at radius 3 is 2.00 bits per heavy atom. The monoisotopic (exact) mass is 346 g/mol. The van der Waals surface area contributed by atoms with E-state index in [1.807, 2.05) is 22.6 Å². The van der Waals surface area contributed by atoms with Gasteiger partial charge in [0.15, 0.2) is 0 Å². The lowest BCUT2D eigenvalue weighted by molar-refractivity contribution is 0.119. The molecule has 0 aromatic carbocycles. The molecule has 50 valence electrons. The van der Waals surface area contributed by atoms with Gasteiger partial charge in [0.1, 0.15) is 0 Å². The molecule has 0 aliphatic heterocycles. The van der Waals surface area contributed by atoms with E-state index in [0.29, 0.717) is 0 Å². The second-order valence-electron chi connectivity index (χ2n) is 1.60. The maximum atomic E-state index is 12.0. The molecule has 0 aromatic rings. The lowest BCUT2D eigenvalue weighted by atomic mass is 10.4. The molecule has 0 spiro atoms. The molecule has 0 fully saturated rings. The van der Waals surface area contributed by atoms with Crippen molar-refractivity contribution in [3.8, 4) is 0 Å². The van der Waals surface area contributed by atoms with Gasteiger partial charge in [0.2, 0.25) is 0 Å². The molecular weight excluding hydrogens is 340 g/mol. The third-order valence-corrected chi connectivity index (χ3v) is 1.39. The summed E-state index contributed by atoms with van der Waals surface area (Å²) in [6.07, 6.45) is -0.0336. The van der Waals surface area contributed by atoms with Crippen molar-refractivity contribution in [2.75, 3.05) is 0 Å². The van der Waals surface area contributed by atoms with E-state index >= 15 is 0 Å². The predicted molar refractivity (Wildman–Crippen MR) is 47.1 cm³/mol. The highest BCUT2D eigenvalue weighted by atomic mass is 127. The normalized spacial score (nSPS) is 16.1.